The van der Waals surface area contributed by atoms with Gasteiger partial charge in [-0.2, -0.15) is 4.99 Å². The van der Waals surface area contributed by atoms with Crippen LogP contribution in [0.2, 0.25) is 0 Å². The van der Waals surface area contributed by atoms with Crippen molar-refractivity contribution >= 4 is 28.6 Å². The highest BCUT2D eigenvalue weighted by atomic mass is 19.1. The SMILES string of the molecule is CCCCn1c(=NC(=O)c2cccc(F)c2)c(C(=O)OCC)cc2c(=O)n3cccc(C)c3nc21. The van der Waals surface area contributed by atoms with Crippen molar-refractivity contribution in [2.45, 2.75) is 40.2 Å². The maximum Gasteiger partial charge on any atom is 0.341 e. The summed E-state index contributed by atoms with van der Waals surface area (Å²) in [5.74, 6) is -2.03. The van der Waals surface area contributed by atoms with Crippen molar-refractivity contribution in [2.75, 3.05) is 6.61 Å². The Morgan fingerprint density at radius 1 is 1.11 bits per heavy atom. The zero-order valence-corrected chi connectivity index (χ0v) is 19.7. The van der Waals surface area contributed by atoms with E-state index in [0.29, 0.717) is 24.3 Å². The number of nitrogens with zero attached hydrogens (tertiary/aromatic N) is 4. The Morgan fingerprint density at radius 3 is 2.63 bits per heavy atom. The van der Waals surface area contributed by atoms with E-state index in [4.69, 9.17) is 9.72 Å². The van der Waals surface area contributed by atoms with Crippen molar-refractivity contribution in [1.82, 2.24) is 14.0 Å². The summed E-state index contributed by atoms with van der Waals surface area (Å²) in [4.78, 5) is 48.3. The number of fused-ring (bicyclic) bond motifs is 2. The zero-order chi connectivity index (χ0) is 25.1. The molecule has 4 aromatic rings. The fourth-order valence-corrected chi connectivity index (χ4v) is 3.88. The van der Waals surface area contributed by atoms with Crippen molar-refractivity contribution in [3.8, 4) is 0 Å². The summed E-state index contributed by atoms with van der Waals surface area (Å²) in [6.45, 7) is 5.94. The molecule has 8 nitrogen and oxygen atoms in total. The van der Waals surface area contributed by atoms with Gasteiger partial charge in [0.05, 0.1) is 12.0 Å². The van der Waals surface area contributed by atoms with E-state index in [0.717, 1.165) is 18.1 Å². The number of aryl methyl sites for hydroxylation is 2. The Kier molecular flexibility index (Phi) is 6.86. The number of carbonyl (C=O) groups is 2. The van der Waals surface area contributed by atoms with Crippen molar-refractivity contribution in [3.05, 3.63) is 87.0 Å². The number of carbonyl (C=O) groups excluding carboxylic acids is 2. The van der Waals surface area contributed by atoms with Gasteiger partial charge in [0.15, 0.2) is 5.49 Å². The maximum absolute atomic E-state index is 13.7. The van der Waals surface area contributed by atoms with Gasteiger partial charge in [0.25, 0.3) is 11.5 Å². The van der Waals surface area contributed by atoms with E-state index in [2.05, 4.69) is 4.99 Å². The summed E-state index contributed by atoms with van der Waals surface area (Å²) in [6, 6.07) is 10.1. The van der Waals surface area contributed by atoms with Crippen LogP contribution in [0, 0.1) is 12.7 Å². The van der Waals surface area contributed by atoms with Gasteiger partial charge in [0.1, 0.15) is 22.7 Å². The lowest BCUT2D eigenvalue weighted by atomic mass is 10.1. The molecule has 35 heavy (non-hydrogen) atoms. The first-order valence-electron chi connectivity index (χ1n) is 11.4. The van der Waals surface area contributed by atoms with Gasteiger partial charge in [-0.3, -0.25) is 14.0 Å². The predicted octanol–water partition coefficient (Wildman–Crippen LogP) is 3.81. The van der Waals surface area contributed by atoms with Crippen LogP contribution in [0.25, 0.3) is 16.7 Å². The molecule has 1 amide bonds. The Bertz CT molecular complexity index is 1590. The molecule has 1 aromatic carbocycles. The number of hydrogen-bond donors (Lipinski definition) is 0. The molecule has 0 atom stereocenters. The summed E-state index contributed by atoms with van der Waals surface area (Å²) >= 11 is 0. The van der Waals surface area contributed by atoms with Crippen LogP contribution >= 0.6 is 0 Å². The number of unbranched alkanes of at least 4 members (excludes halogenated alkanes) is 1. The molecule has 4 rings (SSSR count). The third-order valence-electron chi connectivity index (χ3n) is 5.61. The predicted molar refractivity (Wildman–Crippen MR) is 129 cm³/mol. The fraction of sp³-hybridized carbons (Fsp3) is 0.269. The van der Waals surface area contributed by atoms with Crippen molar-refractivity contribution < 1.29 is 18.7 Å². The van der Waals surface area contributed by atoms with Gasteiger partial charge < -0.3 is 9.30 Å². The van der Waals surface area contributed by atoms with Crippen LogP contribution in [0.5, 0.6) is 0 Å². The first-order chi connectivity index (χ1) is 16.8. The van der Waals surface area contributed by atoms with Gasteiger partial charge in [-0.25, -0.2) is 14.2 Å². The quantitative estimate of drug-likeness (QED) is 0.312. The summed E-state index contributed by atoms with van der Waals surface area (Å²) in [6.07, 6.45) is 3.10. The lowest BCUT2D eigenvalue weighted by molar-refractivity contribution is 0.0523. The first kappa shape index (κ1) is 24.0. The van der Waals surface area contributed by atoms with Gasteiger partial charge in [-0.1, -0.05) is 25.5 Å². The topological polar surface area (TPSA) is 95.0 Å². The standard InChI is InChI=1S/C26H25FN4O4/c1-4-6-12-30-22-19(25(33)31-13-8-9-16(3)21(31)28-22)15-20(26(34)35-5-2)23(30)29-24(32)17-10-7-11-18(27)14-17/h7-11,13-15H,4-6,12H2,1-3H3. The second-order valence-electron chi connectivity index (χ2n) is 8.07. The molecule has 0 bridgehead atoms. The summed E-state index contributed by atoms with van der Waals surface area (Å²) < 4.78 is 22.0. The molecule has 0 unspecified atom stereocenters. The van der Waals surface area contributed by atoms with E-state index in [1.807, 2.05) is 19.9 Å². The van der Waals surface area contributed by atoms with Gasteiger partial charge in [-0.05, 0) is 56.2 Å². The van der Waals surface area contributed by atoms with E-state index >= 15 is 0 Å². The molecular weight excluding hydrogens is 451 g/mol. The largest absolute Gasteiger partial charge is 0.462 e. The average Bonchev–Trinajstić information content (AvgIpc) is 2.84. The Hall–Kier alpha value is -4.14. The first-order valence-corrected chi connectivity index (χ1v) is 11.4. The lowest BCUT2D eigenvalue weighted by Gasteiger charge is -2.15. The van der Waals surface area contributed by atoms with E-state index in [9.17, 15) is 18.8 Å². The van der Waals surface area contributed by atoms with E-state index < -0.39 is 17.7 Å². The Labute approximate surface area is 200 Å². The highest BCUT2D eigenvalue weighted by Crippen LogP contribution is 2.15. The van der Waals surface area contributed by atoms with E-state index in [1.54, 1.807) is 23.8 Å². The van der Waals surface area contributed by atoms with Crippen molar-refractivity contribution in [2.24, 2.45) is 4.99 Å². The number of halogens is 1. The number of amides is 1. The molecule has 9 heteroatoms. The Balaban J connectivity index is 2.14. The second-order valence-corrected chi connectivity index (χ2v) is 8.07. The Morgan fingerprint density at radius 2 is 1.91 bits per heavy atom. The van der Waals surface area contributed by atoms with E-state index in [1.165, 1.54) is 28.7 Å². The molecule has 0 aliphatic heterocycles. The van der Waals surface area contributed by atoms with Crippen molar-refractivity contribution in [3.63, 3.8) is 0 Å². The number of aromatic nitrogens is 3. The van der Waals surface area contributed by atoms with Gasteiger partial charge in [0.2, 0.25) is 0 Å². The number of hydrogen-bond acceptors (Lipinski definition) is 5. The normalized spacial score (nSPS) is 11.8. The molecule has 0 saturated carbocycles. The maximum atomic E-state index is 13.7. The third kappa shape index (κ3) is 4.62. The second kappa shape index (κ2) is 10.0. The van der Waals surface area contributed by atoms with Crippen LogP contribution in [0.3, 0.4) is 0 Å². The molecule has 0 radical (unpaired) electrons. The van der Waals surface area contributed by atoms with Crippen LogP contribution in [-0.2, 0) is 11.3 Å². The number of esters is 1. The zero-order valence-electron chi connectivity index (χ0n) is 19.7. The van der Waals surface area contributed by atoms with Crippen LogP contribution < -0.4 is 11.0 Å². The lowest BCUT2D eigenvalue weighted by Crippen LogP contribution is -2.33. The molecule has 0 aliphatic rings. The van der Waals surface area contributed by atoms with Crippen LogP contribution in [0.4, 0.5) is 4.39 Å². The summed E-state index contributed by atoms with van der Waals surface area (Å²) in [5, 5.41) is 0.199. The minimum Gasteiger partial charge on any atom is -0.462 e. The van der Waals surface area contributed by atoms with Crippen LogP contribution in [0.15, 0.2) is 58.4 Å². The van der Waals surface area contributed by atoms with Crippen molar-refractivity contribution in [1.29, 1.82) is 0 Å². The highest BCUT2D eigenvalue weighted by Gasteiger charge is 2.20. The average molecular weight is 477 g/mol. The molecule has 0 aliphatic carbocycles. The summed E-state index contributed by atoms with van der Waals surface area (Å²) in [7, 11) is 0. The van der Waals surface area contributed by atoms with Gasteiger partial charge >= 0.3 is 5.97 Å². The molecule has 0 fully saturated rings. The molecular formula is C26H25FN4O4. The smallest absolute Gasteiger partial charge is 0.341 e. The number of ether oxygens (including phenoxy) is 1. The highest BCUT2D eigenvalue weighted by molar-refractivity contribution is 5.97. The van der Waals surface area contributed by atoms with E-state index in [-0.39, 0.29) is 34.2 Å². The molecule has 180 valence electrons. The summed E-state index contributed by atoms with van der Waals surface area (Å²) in [5.41, 5.74) is 1.21. The molecule has 3 heterocycles. The number of pyridine rings is 2. The fourth-order valence-electron chi connectivity index (χ4n) is 3.88. The molecule has 0 saturated heterocycles. The molecule has 3 aromatic heterocycles. The third-order valence-corrected chi connectivity index (χ3v) is 5.61. The minimum absolute atomic E-state index is 0.0171. The number of benzene rings is 1. The van der Waals surface area contributed by atoms with Gasteiger partial charge in [0, 0.05) is 18.3 Å². The van der Waals surface area contributed by atoms with Gasteiger partial charge in [-0.15, -0.1) is 0 Å². The molecule has 0 N–H and O–H groups in total. The number of rotatable bonds is 6. The monoisotopic (exact) mass is 476 g/mol. The minimum atomic E-state index is -0.728. The van der Waals surface area contributed by atoms with Crippen LogP contribution in [-0.4, -0.2) is 32.4 Å². The van der Waals surface area contributed by atoms with Crippen LogP contribution in [0.1, 0.15) is 53.0 Å². The molecule has 0 spiro atoms.